The number of nitrogens with zero attached hydrogens (tertiary/aromatic N) is 2. The zero-order valence-electron chi connectivity index (χ0n) is 14.0. The van der Waals surface area contributed by atoms with Crippen molar-refractivity contribution in [3.63, 3.8) is 0 Å². The molecule has 0 aliphatic heterocycles. The van der Waals surface area contributed by atoms with E-state index in [2.05, 4.69) is 10.6 Å². The SMILES string of the molecule is CCONC(=O)c1cc(-c2ccc(F)cc2)nn1-c1ccc(C)cc1. The van der Waals surface area contributed by atoms with Crippen molar-refractivity contribution < 1.29 is 14.0 Å². The number of nitrogens with one attached hydrogen (secondary N) is 1. The summed E-state index contributed by atoms with van der Waals surface area (Å²) in [5, 5.41) is 4.52. The molecule has 0 fully saturated rings. The van der Waals surface area contributed by atoms with E-state index in [-0.39, 0.29) is 5.82 Å². The first-order chi connectivity index (χ1) is 12.1. The number of benzene rings is 2. The molecule has 0 radical (unpaired) electrons. The molecule has 25 heavy (non-hydrogen) atoms. The van der Waals surface area contributed by atoms with Crippen LogP contribution in [0.25, 0.3) is 16.9 Å². The molecule has 0 bridgehead atoms. The lowest BCUT2D eigenvalue weighted by atomic mass is 10.1. The Morgan fingerprint density at radius 3 is 2.48 bits per heavy atom. The Morgan fingerprint density at radius 2 is 1.84 bits per heavy atom. The molecule has 0 saturated heterocycles. The van der Waals surface area contributed by atoms with Crippen LogP contribution in [0.2, 0.25) is 0 Å². The van der Waals surface area contributed by atoms with Crippen LogP contribution < -0.4 is 5.48 Å². The van der Waals surface area contributed by atoms with Gasteiger partial charge in [0.15, 0.2) is 0 Å². The first-order valence-electron chi connectivity index (χ1n) is 7.93. The summed E-state index contributed by atoms with van der Waals surface area (Å²) < 4.78 is 14.7. The molecule has 5 nitrogen and oxygen atoms in total. The van der Waals surface area contributed by atoms with Gasteiger partial charge in [-0.1, -0.05) is 17.7 Å². The normalized spacial score (nSPS) is 10.7. The lowest BCUT2D eigenvalue weighted by molar-refractivity contribution is 0.0357. The largest absolute Gasteiger partial charge is 0.293 e. The third kappa shape index (κ3) is 3.75. The fourth-order valence-corrected chi connectivity index (χ4v) is 2.38. The maximum atomic E-state index is 13.2. The predicted molar refractivity (Wildman–Crippen MR) is 92.8 cm³/mol. The van der Waals surface area contributed by atoms with Crippen molar-refractivity contribution >= 4 is 5.91 Å². The average molecular weight is 339 g/mol. The van der Waals surface area contributed by atoms with E-state index in [9.17, 15) is 9.18 Å². The van der Waals surface area contributed by atoms with Gasteiger partial charge in [-0.2, -0.15) is 5.10 Å². The molecule has 0 spiro atoms. The number of rotatable bonds is 5. The van der Waals surface area contributed by atoms with Crippen LogP contribution in [0.4, 0.5) is 4.39 Å². The molecule has 0 saturated carbocycles. The monoisotopic (exact) mass is 339 g/mol. The highest BCUT2D eigenvalue weighted by atomic mass is 19.1. The number of hydrogen-bond donors (Lipinski definition) is 1. The Hall–Kier alpha value is -2.99. The summed E-state index contributed by atoms with van der Waals surface area (Å²) in [7, 11) is 0. The van der Waals surface area contributed by atoms with Gasteiger partial charge in [0.05, 0.1) is 18.0 Å². The zero-order chi connectivity index (χ0) is 17.8. The van der Waals surface area contributed by atoms with Crippen molar-refractivity contribution in [2.45, 2.75) is 13.8 Å². The second kappa shape index (κ2) is 7.27. The minimum atomic E-state index is -0.400. The van der Waals surface area contributed by atoms with E-state index in [1.54, 1.807) is 29.8 Å². The third-order valence-corrected chi connectivity index (χ3v) is 3.67. The maximum Gasteiger partial charge on any atom is 0.293 e. The van der Waals surface area contributed by atoms with Crippen LogP contribution >= 0.6 is 0 Å². The third-order valence-electron chi connectivity index (χ3n) is 3.67. The van der Waals surface area contributed by atoms with Crippen molar-refractivity contribution in [3.8, 4) is 16.9 Å². The first kappa shape index (κ1) is 16.9. The molecule has 3 rings (SSSR count). The van der Waals surface area contributed by atoms with Crippen LogP contribution in [0.3, 0.4) is 0 Å². The highest BCUT2D eigenvalue weighted by Crippen LogP contribution is 2.22. The Bertz CT molecular complexity index is 871. The van der Waals surface area contributed by atoms with Gasteiger partial charge in [-0.3, -0.25) is 9.63 Å². The Balaban J connectivity index is 2.05. The van der Waals surface area contributed by atoms with Crippen LogP contribution in [0.1, 0.15) is 23.0 Å². The van der Waals surface area contributed by atoms with Crippen molar-refractivity contribution in [1.82, 2.24) is 15.3 Å². The summed E-state index contributed by atoms with van der Waals surface area (Å²) in [6.45, 7) is 4.12. The molecule has 128 valence electrons. The van der Waals surface area contributed by atoms with Gasteiger partial charge in [-0.05, 0) is 56.3 Å². The molecule has 1 N–H and O–H groups in total. The molecule has 3 aromatic rings. The van der Waals surface area contributed by atoms with Crippen molar-refractivity contribution in [2.75, 3.05) is 6.61 Å². The number of aryl methyl sites for hydroxylation is 1. The highest BCUT2D eigenvalue weighted by molar-refractivity contribution is 5.93. The lowest BCUT2D eigenvalue weighted by Gasteiger charge is -2.08. The van der Waals surface area contributed by atoms with E-state index in [1.165, 1.54) is 12.1 Å². The van der Waals surface area contributed by atoms with Crippen LogP contribution in [-0.4, -0.2) is 22.3 Å². The topological polar surface area (TPSA) is 56.1 Å². The fraction of sp³-hybridized carbons (Fsp3) is 0.158. The summed E-state index contributed by atoms with van der Waals surface area (Å²) >= 11 is 0. The van der Waals surface area contributed by atoms with Gasteiger partial charge in [0.25, 0.3) is 5.91 Å². The number of halogens is 1. The van der Waals surface area contributed by atoms with Gasteiger partial charge < -0.3 is 0 Å². The quantitative estimate of drug-likeness (QED) is 0.722. The smallest absolute Gasteiger partial charge is 0.274 e. The standard InChI is InChI=1S/C19H18FN3O2/c1-3-25-22-19(24)18-12-17(14-6-8-15(20)9-7-14)21-23(18)16-10-4-13(2)5-11-16/h4-12H,3H2,1-2H3,(H,22,24). The molecule has 0 atom stereocenters. The Kier molecular flexibility index (Phi) is 4.90. The van der Waals surface area contributed by atoms with E-state index in [4.69, 9.17) is 4.84 Å². The van der Waals surface area contributed by atoms with E-state index in [1.807, 2.05) is 31.2 Å². The van der Waals surface area contributed by atoms with Crippen molar-refractivity contribution in [2.24, 2.45) is 0 Å². The number of carbonyl (C=O) groups is 1. The second-order valence-corrected chi connectivity index (χ2v) is 5.53. The van der Waals surface area contributed by atoms with Crippen LogP contribution in [0, 0.1) is 12.7 Å². The predicted octanol–water partition coefficient (Wildman–Crippen LogP) is 3.67. The number of hydrogen-bond acceptors (Lipinski definition) is 3. The van der Waals surface area contributed by atoms with Gasteiger partial charge in [0.1, 0.15) is 11.5 Å². The highest BCUT2D eigenvalue weighted by Gasteiger charge is 2.17. The van der Waals surface area contributed by atoms with Gasteiger partial charge >= 0.3 is 0 Å². The van der Waals surface area contributed by atoms with Gasteiger partial charge in [0, 0.05) is 5.56 Å². The van der Waals surface area contributed by atoms with Crippen LogP contribution in [0.15, 0.2) is 54.6 Å². The van der Waals surface area contributed by atoms with Gasteiger partial charge in [0.2, 0.25) is 0 Å². The number of aromatic nitrogens is 2. The number of carbonyl (C=O) groups excluding carboxylic acids is 1. The summed E-state index contributed by atoms with van der Waals surface area (Å²) in [5.74, 6) is -0.723. The molecule has 1 amide bonds. The Labute approximate surface area is 145 Å². The maximum absolute atomic E-state index is 13.2. The lowest BCUT2D eigenvalue weighted by Crippen LogP contribution is -2.26. The second-order valence-electron chi connectivity index (χ2n) is 5.53. The molecular formula is C19H18FN3O2. The zero-order valence-corrected chi connectivity index (χ0v) is 14.0. The van der Waals surface area contributed by atoms with Crippen molar-refractivity contribution in [1.29, 1.82) is 0 Å². The van der Waals surface area contributed by atoms with Crippen LogP contribution in [-0.2, 0) is 4.84 Å². The van der Waals surface area contributed by atoms with E-state index in [0.717, 1.165) is 16.8 Å². The molecule has 0 aliphatic carbocycles. The summed E-state index contributed by atoms with van der Waals surface area (Å²) in [6.07, 6.45) is 0. The van der Waals surface area contributed by atoms with Gasteiger partial charge in [-0.25, -0.2) is 14.6 Å². The fourth-order valence-electron chi connectivity index (χ4n) is 2.38. The minimum absolute atomic E-state index is 0.323. The van der Waals surface area contributed by atoms with Gasteiger partial charge in [-0.15, -0.1) is 0 Å². The summed E-state index contributed by atoms with van der Waals surface area (Å²) in [4.78, 5) is 17.4. The van der Waals surface area contributed by atoms with Crippen LogP contribution in [0.5, 0.6) is 0 Å². The molecule has 0 unspecified atom stereocenters. The van der Waals surface area contributed by atoms with E-state index < -0.39 is 5.91 Å². The summed E-state index contributed by atoms with van der Waals surface area (Å²) in [6, 6.07) is 15.3. The van der Waals surface area contributed by atoms with E-state index >= 15 is 0 Å². The van der Waals surface area contributed by atoms with Crippen molar-refractivity contribution in [3.05, 3.63) is 71.7 Å². The Morgan fingerprint density at radius 1 is 1.16 bits per heavy atom. The molecule has 0 aliphatic rings. The summed E-state index contributed by atoms with van der Waals surface area (Å²) in [5.41, 5.74) is 5.86. The molecular weight excluding hydrogens is 321 g/mol. The van der Waals surface area contributed by atoms with E-state index in [0.29, 0.717) is 18.0 Å². The average Bonchev–Trinajstić information content (AvgIpc) is 3.06. The minimum Gasteiger partial charge on any atom is -0.274 e. The number of hydroxylamine groups is 1. The molecule has 2 aromatic carbocycles. The number of amides is 1. The molecule has 6 heteroatoms. The first-order valence-corrected chi connectivity index (χ1v) is 7.93. The molecule has 1 aromatic heterocycles. The molecule has 1 heterocycles.